The van der Waals surface area contributed by atoms with E-state index in [1.54, 1.807) is 23.5 Å². The van der Waals surface area contributed by atoms with Gasteiger partial charge in [-0.2, -0.15) is 13.2 Å². The van der Waals surface area contributed by atoms with Crippen molar-refractivity contribution in [2.75, 3.05) is 18.6 Å². The molecule has 0 amide bonds. The molecule has 1 aliphatic heterocycles. The van der Waals surface area contributed by atoms with Gasteiger partial charge in [0.25, 0.3) is 0 Å². The van der Waals surface area contributed by atoms with E-state index in [-0.39, 0.29) is 12.8 Å². The molecule has 7 heteroatoms. The van der Waals surface area contributed by atoms with Crippen LogP contribution in [0.15, 0.2) is 0 Å². The lowest BCUT2D eigenvalue weighted by Crippen LogP contribution is -2.41. The Balaban J connectivity index is 2.18. The number of carbonyl (C=O) groups excluding carboxylic acids is 1. The van der Waals surface area contributed by atoms with Crippen LogP contribution in [-0.4, -0.2) is 34.8 Å². The van der Waals surface area contributed by atoms with Gasteiger partial charge in [-0.1, -0.05) is 0 Å². The molecule has 1 aliphatic carbocycles. The molecule has 104 valence electrons. The predicted molar refractivity (Wildman–Crippen MR) is 66.5 cm³/mol. The van der Waals surface area contributed by atoms with Crippen LogP contribution in [0, 0.1) is 11.8 Å². The van der Waals surface area contributed by atoms with Crippen molar-refractivity contribution in [3.8, 4) is 0 Å². The Morgan fingerprint density at radius 2 is 1.89 bits per heavy atom. The summed E-state index contributed by atoms with van der Waals surface area (Å²) in [5, 5.41) is 0. The molecule has 2 nitrogen and oxygen atoms in total. The van der Waals surface area contributed by atoms with E-state index in [9.17, 15) is 18.0 Å². The van der Waals surface area contributed by atoms with Crippen molar-refractivity contribution in [1.82, 2.24) is 0 Å². The zero-order valence-corrected chi connectivity index (χ0v) is 11.6. The van der Waals surface area contributed by atoms with Gasteiger partial charge in [-0.05, 0) is 19.3 Å². The average molecular weight is 300 g/mol. The fraction of sp³-hybridized carbons (Fsp3) is 0.909. The van der Waals surface area contributed by atoms with E-state index in [1.807, 2.05) is 0 Å². The minimum Gasteiger partial charge on any atom is -0.469 e. The zero-order chi connectivity index (χ0) is 13.4. The third-order valence-corrected chi connectivity index (χ3v) is 7.00. The number of ether oxygens (including phenoxy) is 1. The minimum absolute atomic E-state index is 0.124. The van der Waals surface area contributed by atoms with Crippen molar-refractivity contribution in [2.24, 2.45) is 11.8 Å². The minimum atomic E-state index is -4.22. The number of halogens is 3. The van der Waals surface area contributed by atoms with E-state index in [0.717, 1.165) is 11.5 Å². The van der Waals surface area contributed by atoms with Gasteiger partial charge in [0.15, 0.2) is 0 Å². The molecule has 0 radical (unpaired) electrons. The fourth-order valence-electron chi connectivity index (χ4n) is 2.67. The molecule has 2 aliphatic rings. The number of rotatable bonds is 1. The van der Waals surface area contributed by atoms with Crippen molar-refractivity contribution < 1.29 is 22.7 Å². The Bertz CT molecular complexity index is 327. The van der Waals surface area contributed by atoms with Gasteiger partial charge >= 0.3 is 12.1 Å². The van der Waals surface area contributed by atoms with E-state index in [1.165, 1.54) is 7.11 Å². The Kier molecular flexibility index (Phi) is 4.11. The number of hydrogen-bond donors (Lipinski definition) is 0. The summed E-state index contributed by atoms with van der Waals surface area (Å²) in [6.07, 6.45) is -3.72. The molecule has 0 aromatic rings. The molecule has 0 N–H and O–H groups in total. The maximum absolute atomic E-state index is 12.9. The van der Waals surface area contributed by atoms with Gasteiger partial charge in [-0.25, -0.2) is 0 Å². The molecule has 2 rings (SSSR count). The highest BCUT2D eigenvalue weighted by atomic mass is 32.2. The summed E-state index contributed by atoms with van der Waals surface area (Å²) in [5.41, 5.74) is 0. The molecular formula is C11H15F3O2S2. The molecule has 2 fully saturated rings. The number of carbonyl (C=O) groups is 1. The van der Waals surface area contributed by atoms with Gasteiger partial charge in [-0.3, -0.25) is 4.79 Å². The van der Waals surface area contributed by atoms with Crippen LogP contribution in [0.2, 0.25) is 0 Å². The van der Waals surface area contributed by atoms with E-state index >= 15 is 0 Å². The third kappa shape index (κ3) is 2.92. The van der Waals surface area contributed by atoms with Gasteiger partial charge in [-0.15, -0.1) is 23.5 Å². The highest BCUT2D eigenvalue weighted by molar-refractivity contribution is 8.21. The summed E-state index contributed by atoms with van der Waals surface area (Å²) in [5.74, 6) is -0.773. The van der Waals surface area contributed by atoms with Crippen LogP contribution in [0.3, 0.4) is 0 Å². The third-order valence-electron chi connectivity index (χ3n) is 3.49. The maximum atomic E-state index is 12.9. The summed E-state index contributed by atoms with van der Waals surface area (Å²) >= 11 is 3.14. The van der Waals surface area contributed by atoms with Crippen molar-refractivity contribution in [3.05, 3.63) is 0 Å². The van der Waals surface area contributed by atoms with Gasteiger partial charge in [0.05, 0.1) is 23.0 Å². The molecule has 2 atom stereocenters. The Morgan fingerprint density at radius 1 is 1.28 bits per heavy atom. The van der Waals surface area contributed by atoms with E-state index in [4.69, 9.17) is 0 Å². The highest BCUT2D eigenvalue weighted by Gasteiger charge is 2.53. The van der Waals surface area contributed by atoms with Crippen molar-refractivity contribution in [3.63, 3.8) is 0 Å². The number of methoxy groups -OCH3 is 1. The summed E-state index contributed by atoms with van der Waals surface area (Å²) in [6.45, 7) is 0. The largest absolute Gasteiger partial charge is 0.469 e. The number of hydrogen-bond acceptors (Lipinski definition) is 4. The van der Waals surface area contributed by atoms with Gasteiger partial charge in [0.1, 0.15) is 0 Å². The summed E-state index contributed by atoms with van der Waals surface area (Å²) < 4.78 is 43.0. The molecule has 0 unspecified atom stereocenters. The fourth-order valence-corrected chi connectivity index (χ4v) is 6.19. The topological polar surface area (TPSA) is 26.3 Å². The molecule has 0 aromatic heterocycles. The second-order valence-corrected chi connectivity index (χ2v) is 7.93. The van der Waals surface area contributed by atoms with Gasteiger partial charge in [0.2, 0.25) is 0 Å². The summed E-state index contributed by atoms with van der Waals surface area (Å²) in [4.78, 5) is 11.6. The van der Waals surface area contributed by atoms with E-state index in [0.29, 0.717) is 6.42 Å². The number of alkyl halides is 3. The quantitative estimate of drug-likeness (QED) is 0.694. The predicted octanol–water partition coefficient (Wildman–Crippen LogP) is 3.31. The Labute approximate surface area is 112 Å². The highest BCUT2D eigenvalue weighted by Crippen LogP contribution is 2.58. The molecule has 0 bridgehead atoms. The van der Waals surface area contributed by atoms with Crippen LogP contribution in [0.4, 0.5) is 13.2 Å². The van der Waals surface area contributed by atoms with Crippen LogP contribution in [0.25, 0.3) is 0 Å². The normalized spacial score (nSPS) is 31.6. The van der Waals surface area contributed by atoms with Crippen LogP contribution in [0.1, 0.15) is 19.3 Å². The van der Waals surface area contributed by atoms with Gasteiger partial charge < -0.3 is 4.74 Å². The van der Waals surface area contributed by atoms with Crippen LogP contribution < -0.4 is 0 Å². The first kappa shape index (κ1) is 14.4. The lowest BCUT2D eigenvalue weighted by Gasteiger charge is -2.40. The molecule has 1 saturated heterocycles. The first-order valence-corrected chi connectivity index (χ1v) is 7.76. The molecule has 1 spiro atoms. The summed E-state index contributed by atoms with van der Waals surface area (Å²) in [6, 6.07) is 0. The van der Waals surface area contributed by atoms with Gasteiger partial charge in [0, 0.05) is 11.5 Å². The Hall–Kier alpha value is -0.0400. The second kappa shape index (κ2) is 5.15. The number of thioether (sulfide) groups is 2. The monoisotopic (exact) mass is 300 g/mol. The molecular weight excluding hydrogens is 285 g/mol. The average Bonchev–Trinajstić information content (AvgIpc) is 2.74. The molecule has 1 heterocycles. The SMILES string of the molecule is COC(=O)[C@@H]1C[C@@H](C(F)(F)F)CC2(C1)SCCS2. The zero-order valence-electron chi connectivity index (χ0n) is 9.96. The Morgan fingerprint density at radius 3 is 2.39 bits per heavy atom. The molecule has 18 heavy (non-hydrogen) atoms. The maximum Gasteiger partial charge on any atom is 0.391 e. The standard InChI is InChI=1S/C11H15F3O2S2/c1-16-9(15)7-4-8(11(12,13)14)6-10(5-7)17-2-3-18-10/h7-8H,2-6H2,1H3/t7-,8-/m1/s1. The van der Waals surface area contributed by atoms with Crippen LogP contribution in [-0.2, 0) is 9.53 Å². The first-order chi connectivity index (χ1) is 8.36. The van der Waals surface area contributed by atoms with Crippen molar-refractivity contribution >= 4 is 29.5 Å². The molecule has 0 aromatic carbocycles. The molecule has 1 saturated carbocycles. The first-order valence-electron chi connectivity index (χ1n) is 5.79. The van der Waals surface area contributed by atoms with Crippen molar-refractivity contribution in [1.29, 1.82) is 0 Å². The van der Waals surface area contributed by atoms with Crippen LogP contribution in [0.5, 0.6) is 0 Å². The smallest absolute Gasteiger partial charge is 0.391 e. The lowest BCUT2D eigenvalue weighted by atomic mass is 9.80. The second-order valence-electron chi connectivity index (χ2n) is 4.71. The number of esters is 1. The van der Waals surface area contributed by atoms with Crippen molar-refractivity contribution in [2.45, 2.75) is 29.5 Å². The lowest BCUT2D eigenvalue weighted by molar-refractivity contribution is -0.188. The summed E-state index contributed by atoms with van der Waals surface area (Å²) in [7, 11) is 1.24. The van der Waals surface area contributed by atoms with Crippen LogP contribution >= 0.6 is 23.5 Å². The van der Waals surface area contributed by atoms with E-state index in [2.05, 4.69) is 4.74 Å². The van der Waals surface area contributed by atoms with E-state index < -0.39 is 28.1 Å².